The molecule has 25 heavy (non-hydrogen) atoms. The zero-order valence-electron chi connectivity index (χ0n) is 14.9. The monoisotopic (exact) mass is 336 g/mol. The molecule has 0 saturated heterocycles. The van der Waals surface area contributed by atoms with E-state index in [0.717, 1.165) is 43.9 Å². The highest BCUT2D eigenvalue weighted by Crippen LogP contribution is 2.27. The van der Waals surface area contributed by atoms with Crippen LogP contribution >= 0.6 is 0 Å². The van der Waals surface area contributed by atoms with Gasteiger partial charge in [0.05, 0.1) is 0 Å². The van der Waals surface area contributed by atoms with E-state index in [4.69, 9.17) is 0 Å². The van der Waals surface area contributed by atoms with Crippen LogP contribution in [0.1, 0.15) is 30.4 Å². The van der Waals surface area contributed by atoms with Crippen LogP contribution in [-0.4, -0.2) is 30.9 Å². The second-order valence-corrected chi connectivity index (χ2v) is 7.05. The molecule has 1 fully saturated rings. The van der Waals surface area contributed by atoms with Gasteiger partial charge < -0.3 is 10.2 Å². The Morgan fingerprint density at radius 3 is 2.36 bits per heavy atom. The normalized spacial score (nSPS) is 14.3. The molecular weight excluding hydrogens is 308 g/mol. The molecule has 3 rings (SSSR count). The van der Waals surface area contributed by atoms with Crippen molar-refractivity contribution in [2.75, 3.05) is 25.0 Å². The standard InChI is InChI=1S/C22H28N2O/c25-18-23-22-11-5-8-20(16-22)13-15-24(17-21-9-4-10-21)14-12-19-6-2-1-3-7-19/h1-3,5-8,11,16,18,21H,4,9-10,12-15,17H2,(H,23,25). The second kappa shape index (κ2) is 9.38. The minimum atomic E-state index is 0.738. The minimum absolute atomic E-state index is 0.738. The first-order chi connectivity index (χ1) is 12.3. The molecule has 0 spiro atoms. The van der Waals surface area contributed by atoms with Gasteiger partial charge >= 0.3 is 0 Å². The first kappa shape index (κ1) is 17.7. The fourth-order valence-electron chi connectivity index (χ4n) is 3.44. The van der Waals surface area contributed by atoms with Gasteiger partial charge in [-0.15, -0.1) is 0 Å². The third kappa shape index (κ3) is 5.71. The van der Waals surface area contributed by atoms with Crippen LogP contribution in [-0.2, 0) is 17.6 Å². The number of hydrogen-bond acceptors (Lipinski definition) is 2. The number of benzene rings is 2. The maximum absolute atomic E-state index is 10.6. The number of hydrogen-bond donors (Lipinski definition) is 1. The lowest BCUT2D eigenvalue weighted by atomic mass is 9.85. The SMILES string of the molecule is O=CNc1cccc(CCN(CCc2ccccc2)CC2CCC2)c1. The van der Waals surface area contributed by atoms with E-state index in [1.54, 1.807) is 0 Å². The van der Waals surface area contributed by atoms with Gasteiger partial charge in [0.25, 0.3) is 0 Å². The molecule has 1 aliphatic rings. The number of amides is 1. The van der Waals surface area contributed by atoms with E-state index in [2.05, 4.69) is 52.7 Å². The molecule has 1 aliphatic carbocycles. The lowest BCUT2D eigenvalue weighted by molar-refractivity contribution is -0.105. The Bertz CT molecular complexity index is 652. The Labute approximate surface area is 151 Å². The summed E-state index contributed by atoms with van der Waals surface area (Å²) in [6.07, 6.45) is 7.05. The van der Waals surface area contributed by atoms with Crippen molar-refractivity contribution >= 4 is 12.1 Å². The van der Waals surface area contributed by atoms with Crippen LogP contribution in [0.25, 0.3) is 0 Å². The molecule has 0 aliphatic heterocycles. The average Bonchev–Trinajstić information content (AvgIpc) is 2.61. The summed E-state index contributed by atoms with van der Waals surface area (Å²) in [6.45, 7) is 3.42. The van der Waals surface area contributed by atoms with Gasteiger partial charge in [0, 0.05) is 25.3 Å². The number of nitrogens with one attached hydrogen (secondary N) is 1. The maximum atomic E-state index is 10.6. The smallest absolute Gasteiger partial charge is 0.211 e. The molecule has 3 heteroatoms. The minimum Gasteiger partial charge on any atom is -0.329 e. The second-order valence-electron chi connectivity index (χ2n) is 7.05. The van der Waals surface area contributed by atoms with E-state index in [1.165, 1.54) is 36.9 Å². The van der Waals surface area contributed by atoms with Gasteiger partial charge in [-0.25, -0.2) is 0 Å². The van der Waals surface area contributed by atoms with E-state index in [0.29, 0.717) is 0 Å². The first-order valence-electron chi connectivity index (χ1n) is 9.39. The summed E-state index contributed by atoms with van der Waals surface area (Å²) >= 11 is 0. The van der Waals surface area contributed by atoms with E-state index >= 15 is 0 Å². The summed E-state index contributed by atoms with van der Waals surface area (Å²) < 4.78 is 0. The quantitative estimate of drug-likeness (QED) is 0.661. The molecule has 0 heterocycles. The number of rotatable bonds is 10. The molecule has 1 saturated carbocycles. The van der Waals surface area contributed by atoms with Crippen molar-refractivity contribution in [2.45, 2.75) is 32.1 Å². The summed E-state index contributed by atoms with van der Waals surface area (Å²) in [5.74, 6) is 0.888. The zero-order valence-corrected chi connectivity index (χ0v) is 14.9. The number of carbonyl (C=O) groups excluding carboxylic acids is 1. The molecule has 2 aromatic rings. The summed E-state index contributed by atoms with van der Waals surface area (Å²) in [4.78, 5) is 13.2. The van der Waals surface area contributed by atoms with Crippen LogP contribution in [0.2, 0.25) is 0 Å². The molecule has 0 radical (unpaired) electrons. The van der Waals surface area contributed by atoms with E-state index in [9.17, 15) is 4.79 Å². The van der Waals surface area contributed by atoms with Crippen molar-refractivity contribution in [2.24, 2.45) is 5.92 Å². The third-order valence-electron chi connectivity index (χ3n) is 5.17. The Morgan fingerprint density at radius 2 is 1.68 bits per heavy atom. The largest absolute Gasteiger partial charge is 0.329 e. The van der Waals surface area contributed by atoms with Gasteiger partial charge in [-0.1, -0.05) is 48.9 Å². The Kier molecular flexibility index (Phi) is 6.63. The lowest BCUT2D eigenvalue weighted by Gasteiger charge is -2.32. The van der Waals surface area contributed by atoms with Crippen molar-refractivity contribution < 1.29 is 4.79 Å². The molecule has 2 aromatic carbocycles. The summed E-state index contributed by atoms with van der Waals surface area (Å²) in [7, 11) is 0. The topological polar surface area (TPSA) is 32.3 Å². The molecule has 0 unspecified atom stereocenters. The predicted molar refractivity (Wildman–Crippen MR) is 104 cm³/mol. The molecule has 3 nitrogen and oxygen atoms in total. The molecular formula is C22H28N2O. The Balaban J connectivity index is 1.55. The first-order valence-corrected chi connectivity index (χ1v) is 9.39. The van der Waals surface area contributed by atoms with Crippen molar-refractivity contribution in [3.63, 3.8) is 0 Å². The van der Waals surface area contributed by atoms with Gasteiger partial charge in [0.1, 0.15) is 0 Å². The average molecular weight is 336 g/mol. The maximum Gasteiger partial charge on any atom is 0.211 e. The van der Waals surface area contributed by atoms with Gasteiger partial charge in [0.15, 0.2) is 0 Å². The van der Waals surface area contributed by atoms with Crippen LogP contribution < -0.4 is 5.32 Å². The van der Waals surface area contributed by atoms with Crippen LogP contribution in [0.3, 0.4) is 0 Å². The molecule has 1 amide bonds. The summed E-state index contributed by atoms with van der Waals surface area (Å²) in [5.41, 5.74) is 3.57. The Hall–Kier alpha value is -2.13. The van der Waals surface area contributed by atoms with Crippen LogP contribution in [0, 0.1) is 5.92 Å². The molecule has 132 valence electrons. The van der Waals surface area contributed by atoms with Crippen molar-refractivity contribution in [1.82, 2.24) is 4.90 Å². The Morgan fingerprint density at radius 1 is 0.960 bits per heavy atom. The lowest BCUT2D eigenvalue weighted by Crippen LogP contribution is -2.35. The highest BCUT2D eigenvalue weighted by atomic mass is 16.1. The number of nitrogens with zero attached hydrogens (tertiary/aromatic N) is 1. The van der Waals surface area contributed by atoms with E-state index in [-0.39, 0.29) is 0 Å². The van der Waals surface area contributed by atoms with Gasteiger partial charge in [-0.05, 0) is 54.9 Å². The van der Waals surface area contributed by atoms with Crippen molar-refractivity contribution in [1.29, 1.82) is 0 Å². The van der Waals surface area contributed by atoms with Crippen molar-refractivity contribution in [3.8, 4) is 0 Å². The van der Waals surface area contributed by atoms with Crippen LogP contribution in [0.5, 0.6) is 0 Å². The molecule has 1 N–H and O–H groups in total. The van der Waals surface area contributed by atoms with Gasteiger partial charge in [-0.3, -0.25) is 4.79 Å². The van der Waals surface area contributed by atoms with Crippen LogP contribution in [0.15, 0.2) is 54.6 Å². The molecule has 0 bridgehead atoms. The predicted octanol–water partition coefficient (Wildman–Crippen LogP) is 4.14. The number of carbonyl (C=O) groups is 1. The highest BCUT2D eigenvalue weighted by molar-refractivity contribution is 5.71. The van der Waals surface area contributed by atoms with Gasteiger partial charge in [0.2, 0.25) is 6.41 Å². The molecule has 0 aromatic heterocycles. The molecule has 0 atom stereocenters. The fraction of sp³-hybridized carbons (Fsp3) is 0.409. The fourth-order valence-corrected chi connectivity index (χ4v) is 3.44. The number of anilines is 1. The zero-order chi connectivity index (χ0) is 17.3. The van der Waals surface area contributed by atoms with Gasteiger partial charge in [-0.2, -0.15) is 0 Å². The van der Waals surface area contributed by atoms with Crippen LogP contribution in [0.4, 0.5) is 5.69 Å². The van der Waals surface area contributed by atoms with Crippen molar-refractivity contribution in [3.05, 3.63) is 65.7 Å². The third-order valence-corrected chi connectivity index (χ3v) is 5.17. The summed E-state index contributed by atoms with van der Waals surface area (Å²) in [6, 6.07) is 18.9. The highest BCUT2D eigenvalue weighted by Gasteiger charge is 2.20. The van der Waals surface area contributed by atoms with E-state index in [1.807, 2.05) is 12.1 Å². The summed E-state index contributed by atoms with van der Waals surface area (Å²) in [5, 5.41) is 2.74. The van der Waals surface area contributed by atoms with E-state index < -0.39 is 0 Å².